The van der Waals surface area contributed by atoms with Crippen molar-refractivity contribution in [3.8, 4) is 0 Å². The Hall–Kier alpha value is -0.580. The predicted molar refractivity (Wildman–Crippen MR) is 75.0 cm³/mol. The van der Waals surface area contributed by atoms with Crippen molar-refractivity contribution in [1.82, 2.24) is 20.0 Å². The van der Waals surface area contributed by atoms with Gasteiger partial charge in [0.15, 0.2) is 0 Å². The molecule has 1 aromatic rings. The maximum absolute atomic E-state index is 6.44. The van der Waals surface area contributed by atoms with Gasteiger partial charge in [-0.25, -0.2) is 0 Å². The van der Waals surface area contributed by atoms with Crippen LogP contribution in [0.2, 0.25) is 5.02 Å². The highest BCUT2D eigenvalue weighted by atomic mass is 35.5. The van der Waals surface area contributed by atoms with E-state index in [1.165, 1.54) is 5.69 Å². The Morgan fingerprint density at radius 2 is 2.22 bits per heavy atom. The van der Waals surface area contributed by atoms with Gasteiger partial charge in [0.2, 0.25) is 0 Å². The number of aromatic nitrogens is 2. The summed E-state index contributed by atoms with van der Waals surface area (Å²) in [5, 5.41) is 8.90. The van der Waals surface area contributed by atoms with Crippen molar-refractivity contribution in [3.63, 3.8) is 0 Å². The van der Waals surface area contributed by atoms with Crippen LogP contribution in [-0.4, -0.2) is 40.4 Å². The minimum Gasteiger partial charge on any atom is -0.312 e. The summed E-state index contributed by atoms with van der Waals surface area (Å²) in [5.74, 6) is 0. The summed E-state index contributed by atoms with van der Waals surface area (Å²) in [4.78, 5) is 2.45. The van der Waals surface area contributed by atoms with Gasteiger partial charge in [-0.15, -0.1) is 0 Å². The lowest BCUT2D eigenvalue weighted by Crippen LogP contribution is -2.48. The molecular weight excluding hydrogens is 248 g/mol. The number of hydrogen-bond donors (Lipinski definition) is 1. The fourth-order valence-corrected chi connectivity index (χ4v) is 2.86. The van der Waals surface area contributed by atoms with Crippen molar-refractivity contribution < 1.29 is 0 Å². The average Bonchev–Trinajstić information content (AvgIpc) is 2.66. The molecule has 2 heterocycles. The number of nitrogens with zero attached hydrogens (tertiary/aromatic N) is 3. The van der Waals surface area contributed by atoms with Gasteiger partial charge < -0.3 is 5.32 Å². The van der Waals surface area contributed by atoms with Crippen molar-refractivity contribution in [1.29, 1.82) is 0 Å². The first-order chi connectivity index (χ1) is 8.65. The van der Waals surface area contributed by atoms with E-state index in [0.29, 0.717) is 6.04 Å². The number of hydrogen-bond acceptors (Lipinski definition) is 3. The van der Waals surface area contributed by atoms with Crippen molar-refractivity contribution in [2.24, 2.45) is 0 Å². The second-order valence-corrected chi connectivity index (χ2v) is 5.34. The topological polar surface area (TPSA) is 33.1 Å². The molecular formula is C13H23ClN4. The van der Waals surface area contributed by atoms with Crippen molar-refractivity contribution in [2.75, 3.05) is 19.6 Å². The summed E-state index contributed by atoms with van der Waals surface area (Å²) < 4.78 is 2.05. The highest BCUT2D eigenvalue weighted by Crippen LogP contribution is 2.23. The molecule has 0 amide bonds. The van der Waals surface area contributed by atoms with Crippen LogP contribution >= 0.6 is 11.6 Å². The Balaban J connectivity index is 2.14. The average molecular weight is 271 g/mol. The van der Waals surface area contributed by atoms with Crippen LogP contribution < -0.4 is 5.32 Å². The van der Waals surface area contributed by atoms with Crippen molar-refractivity contribution in [2.45, 2.75) is 46.3 Å². The largest absolute Gasteiger partial charge is 0.312 e. The van der Waals surface area contributed by atoms with E-state index < -0.39 is 0 Å². The van der Waals surface area contributed by atoms with E-state index in [1.807, 2.05) is 4.68 Å². The first kappa shape index (κ1) is 13.8. The molecule has 1 aromatic heterocycles. The van der Waals surface area contributed by atoms with Crippen LogP contribution in [0.4, 0.5) is 0 Å². The van der Waals surface area contributed by atoms with E-state index in [1.54, 1.807) is 0 Å². The fraction of sp³-hybridized carbons (Fsp3) is 0.769. The third-order valence-corrected chi connectivity index (χ3v) is 3.96. The molecule has 0 bridgehead atoms. The lowest BCUT2D eigenvalue weighted by atomic mass is 10.2. The summed E-state index contributed by atoms with van der Waals surface area (Å²) in [6.45, 7) is 11.5. The van der Waals surface area contributed by atoms with Crippen LogP contribution in [0.1, 0.15) is 32.2 Å². The Bertz CT molecular complexity index is 402. The molecule has 2 rings (SSSR count). The van der Waals surface area contributed by atoms with Gasteiger partial charge in [0.05, 0.1) is 16.4 Å². The molecule has 1 aliphatic rings. The molecule has 0 radical (unpaired) electrons. The molecule has 18 heavy (non-hydrogen) atoms. The van der Waals surface area contributed by atoms with Gasteiger partial charge in [0, 0.05) is 38.8 Å². The van der Waals surface area contributed by atoms with Gasteiger partial charge in [-0.1, -0.05) is 18.5 Å². The Labute approximate surface area is 114 Å². The zero-order valence-corrected chi connectivity index (χ0v) is 12.3. The summed E-state index contributed by atoms with van der Waals surface area (Å²) in [7, 11) is 0. The van der Waals surface area contributed by atoms with Crippen LogP contribution in [0.3, 0.4) is 0 Å². The normalized spacial score (nSPS) is 21.4. The third kappa shape index (κ3) is 2.87. The van der Waals surface area contributed by atoms with Crippen molar-refractivity contribution in [3.05, 3.63) is 16.4 Å². The Kier molecular flexibility index (Phi) is 4.65. The number of aryl methyl sites for hydroxylation is 2. The Morgan fingerprint density at radius 1 is 1.44 bits per heavy atom. The van der Waals surface area contributed by atoms with E-state index in [4.69, 9.17) is 11.6 Å². The molecule has 4 nitrogen and oxygen atoms in total. The van der Waals surface area contributed by atoms with E-state index in [-0.39, 0.29) is 0 Å². The van der Waals surface area contributed by atoms with E-state index >= 15 is 0 Å². The van der Waals surface area contributed by atoms with Gasteiger partial charge in [0.1, 0.15) is 0 Å². The highest BCUT2D eigenvalue weighted by molar-refractivity contribution is 6.31. The van der Waals surface area contributed by atoms with Gasteiger partial charge >= 0.3 is 0 Å². The van der Waals surface area contributed by atoms with Gasteiger partial charge in [-0.2, -0.15) is 5.10 Å². The molecule has 1 aliphatic heterocycles. The zero-order chi connectivity index (χ0) is 13.1. The number of nitrogens with one attached hydrogen (secondary N) is 1. The molecule has 102 valence electrons. The smallest absolute Gasteiger partial charge is 0.0863 e. The number of halogens is 1. The monoisotopic (exact) mass is 270 g/mol. The standard InChI is InChI=1S/C13H23ClN4/c1-4-11-13(14)12(18(5-2)16-11)9-17-7-6-15-10(3)8-17/h10,15H,4-9H2,1-3H3. The quantitative estimate of drug-likeness (QED) is 0.907. The van der Waals surface area contributed by atoms with E-state index in [0.717, 1.165) is 49.9 Å². The molecule has 1 unspecified atom stereocenters. The second-order valence-electron chi connectivity index (χ2n) is 4.97. The molecule has 1 fully saturated rings. The summed E-state index contributed by atoms with van der Waals surface area (Å²) >= 11 is 6.44. The lowest BCUT2D eigenvalue weighted by molar-refractivity contribution is 0.195. The van der Waals surface area contributed by atoms with Crippen LogP contribution in [0.5, 0.6) is 0 Å². The highest BCUT2D eigenvalue weighted by Gasteiger charge is 2.20. The van der Waals surface area contributed by atoms with Crippen molar-refractivity contribution >= 4 is 11.6 Å². The maximum Gasteiger partial charge on any atom is 0.0863 e. The van der Waals surface area contributed by atoms with Crippen LogP contribution in [0, 0.1) is 0 Å². The van der Waals surface area contributed by atoms with Gasteiger partial charge in [-0.05, 0) is 20.3 Å². The van der Waals surface area contributed by atoms with E-state index in [9.17, 15) is 0 Å². The summed E-state index contributed by atoms with van der Waals surface area (Å²) in [5.41, 5.74) is 2.20. The minimum atomic E-state index is 0.557. The molecule has 1 saturated heterocycles. The third-order valence-electron chi connectivity index (χ3n) is 3.52. The lowest BCUT2D eigenvalue weighted by Gasteiger charge is -2.31. The SMILES string of the molecule is CCc1nn(CC)c(CN2CCNC(C)C2)c1Cl. The molecule has 0 aliphatic carbocycles. The molecule has 0 spiro atoms. The molecule has 1 N–H and O–H groups in total. The molecule has 0 aromatic carbocycles. The Morgan fingerprint density at radius 3 is 2.83 bits per heavy atom. The first-order valence-electron chi connectivity index (χ1n) is 6.85. The summed E-state index contributed by atoms with van der Waals surface area (Å²) in [6.07, 6.45) is 0.900. The zero-order valence-electron chi connectivity index (χ0n) is 11.5. The van der Waals surface area contributed by atoms with Crippen LogP contribution in [0.25, 0.3) is 0 Å². The maximum atomic E-state index is 6.44. The molecule has 1 atom stereocenters. The number of rotatable bonds is 4. The molecule has 5 heteroatoms. The second kappa shape index (κ2) is 6.04. The van der Waals surface area contributed by atoms with Crippen LogP contribution in [-0.2, 0) is 19.5 Å². The van der Waals surface area contributed by atoms with Crippen LogP contribution in [0.15, 0.2) is 0 Å². The van der Waals surface area contributed by atoms with E-state index in [2.05, 4.69) is 36.1 Å². The summed E-state index contributed by atoms with van der Waals surface area (Å²) in [6, 6.07) is 0.557. The molecule has 0 saturated carbocycles. The van der Waals surface area contributed by atoms with Gasteiger partial charge in [-0.3, -0.25) is 9.58 Å². The van der Waals surface area contributed by atoms with Gasteiger partial charge in [0.25, 0.3) is 0 Å². The minimum absolute atomic E-state index is 0.557. The predicted octanol–water partition coefficient (Wildman–Crippen LogP) is 1.91. The number of piperazine rings is 1. The first-order valence-corrected chi connectivity index (χ1v) is 7.23. The fourth-order valence-electron chi connectivity index (χ4n) is 2.54.